The standard InChI is InChI=1S/C26H25N3O3/c1-17-25-19(14-29(16-31-25)15-20-6-4-5-11-27-20)13-22-24(30)23(32-26(17)22)12-18-7-9-21(10-8-18)28(2)3/h4-13H,14-16H2,1-3H3/b23-12-. The third-order valence-electron chi connectivity index (χ3n) is 5.82. The summed E-state index contributed by atoms with van der Waals surface area (Å²) in [6.45, 7) is 3.81. The average Bonchev–Trinajstić information content (AvgIpc) is 3.10. The zero-order chi connectivity index (χ0) is 22.2. The topological polar surface area (TPSA) is 54.9 Å². The number of rotatable bonds is 4. The van der Waals surface area contributed by atoms with Gasteiger partial charge in [0.25, 0.3) is 0 Å². The number of hydrogen-bond acceptors (Lipinski definition) is 6. The molecule has 2 aromatic carbocycles. The largest absolute Gasteiger partial charge is 0.477 e. The van der Waals surface area contributed by atoms with Crippen molar-refractivity contribution in [1.82, 2.24) is 9.88 Å². The summed E-state index contributed by atoms with van der Waals surface area (Å²) in [5, 5.41) is 0. The smallest absolute Gasteiger partial charge is 0.231 e. The van der Waals surface area contributed by atoms with Crippen LogP contribution in [0.5, 0.6) is 11.5 Å². The highest BCUT2D eigenvalue weighted by Crippen LogP contribution is 2.43. The summed E-state index contributed by atoms with van der Waals surface area (Å²) in [6, 6.07) is 15.8. The first-order chi connectivity index (χ1) is 15.5. The van der Waals surface area contributed by atoms with Gasteiger partial charge in [-0.25, -0.2) is 0 Å². The van der Waals surface area contributed by atoms with Crippen molar-refractivity contribution in [2.24, 2.45) is 0 Å². The summed E-state index contributed by atoms with van der Waals surface area (Å²) in [4.78, 5) is 21.7. The van der Waals surface area contributed by atoms with E-state index in [-0.39, 0.29) is 5.78 Å². The molecule has 0 radical (unpaired) electrons. The maximum atomic E-state index is 13.1. The molecule has 0 saturated carbocycles. The second-order valence-electron chi connectivity index (χ2n) is 8.37. The first-order valence-corrected chi connectivity index (χ1v) is 10.6. The van der Waals surface area contributed by atoms with Crippen molar-refractivity contribution < 1.29 is 14.3 Å². The average molecular weight is 428 g/mol. The molecule has 0 aliphatic carbocycles. The lowest BCUT2D eigenvalue weighted by molar-refractivity contribution is 0.0865. The van der Waals surface area contributed by atoms with Gasteiger partial charge in [0.1, 0.15) is 18.2 Å². The number of anilines is 1. The molecule has 3 heterocycles. The third kappa shape index (κ3) is 3.74. The number of Topliss-reactive ketones (excluding diaryl/α,β-unsaturated/α-hetero) is 1. The van der Waals surface area contributed by atoms with Gasteiger partial charge in [0.15, 0.2) is 5.76 Å². The summed E-state index contributed by atoms with van der Waals surface area (Å²) in [7, 11) is 4.00. The maximum absolute atomic E-state index is 13.1. The summed E-state index contributed by atoms with van der Waals surface area (Å²) in [6.07, 6.45) is 3.59. The van der Waals surface area contributed by atoms with E-state index in [4.69, 9.17) is 9.47 Å². The van der Waals surface area contributed by atoms with Crippen LogP contribution < -0.4 is 14.4 Å². The van der Waals surface area contributed by atoms with Crippen molar-refractivity contribution in [3.63, 3.8) is 0 Å². The van der Waals surface area contributed by atoms with Crippen molar-refractivity contribution in [3.05, 3.63) is 88.4 Å². The summed E-state index contributed by atoms with van der Waals surface area (Å²) in [5.41, 5.74) is 5.48. The molecule has 6 heteroatoms. The van der Waals surface area contributed by atoms with Crippen molar-refractivity contribution in [2.75, 3.05) is 25.7 Å². The number of ether oxygens (including phenoxy) is 2. The molecule has 0 unspecified atom stereocenters. The highest BCUT2D eigenvalue weighted by molar-refractivity contribution is 6.15. The minimum atomic E-state index is -0.0931. The Hall–Kier alpha value is -3.64. The molecular formula is C26H25N3O3. The van der Waals surface area contributed by atoms with Gasteiger partial charge in [-0.3, -0.25) is 14.7 Å². The molecule has 3 aromatic rings. The Morgan fingerprint density at radius 1 is 1.12 bits per heavy atom. The van der Waals surface area contributed by atoms with Gasteiger partial charge >= 0.3 is 0 Å². The summed E-state index contributed by atoms with van der Waals surface area (Å²) < 4.78 is 12.1. The molecular weight excluding hydrogens is 402 g/mol. The van der Waals surface area contributed by atoms with Crippen LogP contribution in [0.2, 0.25) is 0 Å². The Morgan fingerprint density at radius 2 is 1.94 bits per heavy atom. The van der Waals surface area contributed by atoms with Crippen LogP contribution in [0.1, 0.15) is 32.7 Å². The van der Waals surface area contributed by atoms with E-state index >= 15 is 0 Å². The number of pyridine rings is 1. The number of ketones is 1. The predicted molar refractivity (Wildman–Crippen MR) is 124 cm³/mol. The zero-order valence-corrected chi connectivity index (χ0v) is 18.5. The molecule has 6 nitrogen and oxygen atoms in total. The molecule has 0 saturated heterocycles. The Kier molecular flexibility index (Phi) is 5.15. The van der Waals surface area contributed by atoms with E-state index in [1.165, 1.54) is 0 Å². The number of allylic oxidation sites excluding steroid dienone is 1. The van der Waals surface area contributed by atoms with E-state index < -0.39 is 0 Å². The van der Waals surface area contributed by atoms with Gasteiger partial charge < -0.3 is 14.4 Å². The van der Waals surface area contributed by atoms with Crippen molar-refractivity contribution >= 4 is 17.5 Å². The van der Waals surface area contributed by atoms with Crippen LogP contribution in [0.4, 0.5) is 5.69 Å². The normalized spacial score (nSPS) is 16.3. The predicted octanol–water partition coefficient (Wildman–Crippen LogP) is 4.42. The lowest BCUT2D eigenvalue weighted by Gasteiger charge is -2.30. The van der Waals surface area contributed by atoms with Gasteiger partial charge in [-0.05, 0) is 48.9 Å². The molecule has 162 valence electrons. The molecule has 0 bridgehead atoms. The van der Waals surface area contributed by atoms with E-state index in [1.54, 1.807) is 12.3 Å². The number of hydrogen-bond donors (Lipinski definition) is 0. The lowest BCUT2D eigenvalue weighted by Crippen LogP contribution is -2.32. The molecule has 0 amide bonds. The van der Waals surface area contributed by atoms with E-state index in [9.17, 15) is 4.79 Å². The molecule has 32 heavy (non-hydrogen) atoms. The highest BCUT2D eigenvalue weighted by atomic mass is 16.5. The molecule has 0 spiro atoms. The first kappa shape index (κ1) is 20.3. The van der Waals surface area contributed by atoms with Gasteiger partial charge in [0.2, 0.25) is 5.78 Å². The van der Waals surface area contributed by atoms with Crippen molar-refractivity contribution in [3.8, 4) is 11.5 Å². The van der Waals surface area contributed by atoms with Gasteiger partial charge in [0.05, 0.1) is 11.3 Å². The Morgan fingerprint density at radius 3 is 2.66 bits per heavy atom. The van der Waals surface area contributed by atoms with Crippen LogP contribution in [0.15, 0.2) is 60.5 Å². The summed E-state index contributed by atoms with van der Waals surface area (Å²) in [5.74, 6) is 1.66. The molecule has 5 rings (SSSR count). The minimum absolute atomic E-state index is 0.0931. The van der Waals surface area contributed by atoms with Crippen LogP contribution in [-0.4, -0.2) is 36.5 Å². The van der Waals surface area contributed by atoms with Crippen LogP contribution in [0, 0.1) is 6.92 Å². The molecule has 0 fully saturated rings. The summed E-state index contributed by atoms with van der Waals surface area (Å²) >= 11 is 0. The van der Waals surface area contributed by atoms with Crippen LogP contribution >= 0.6 is 0 Å². The van der Waals surface area contributed by atoms with Crippen molar-refractivity contribution in [2.45, 2.75) is 20.0 Å². The van der Waals surface area contributed by atoms with Gasteiger partial charge in [-0.15, -0.1) is 0 Å². The number of carbonyl (C=O) groups excluding carboxylic acids is 1. The van der Waals surface area contributed by atoms with Crippen LogP contribution in [0.25, 0.3) is 6.08 Å². The van der Waals surface area contributed by atoms with Gasteiger partial charge in [-0.1, -0.05) is 18.2 Å². The van der Waals surface area contributed by atoms with E-state index in [0.29, 0.717) is 36.9 Å². The van der Waals surface area contributed by atoms with Crippen molar-refractivity contribution in [1.29, 1.82) is 0 Å². The minimum Gasteiger partial charge on any atom is -0.477 e. The van der Waals surface area contributed by atoms with E-state index in [0.717, 1.165) is 33.8 Å². The van der Waals surface area contributed by atoms with E-state index in [2.05, 4.69) is 9.88 Å². The van der Waals surface area contributed by atoms with Crippen LogP contribution in [-0.2, 0) is 13.1 Å². The monoisotopic (exact) mass is 427 g/mol. The number of nitrogens with zero attached hydrogens (tertiary/aromatic N) is 3. The maximum Gasteiger partial charge on any atom is 0.231 e. The number of aromatic nitrogens is 1. The van der Waals surface area contributed by atoms with E-state index in [1.807, 2.05) is 74.4 Å². The quantitative estimate of drug-likeness (QED) is 0.575. The van der Waals surface area contributed by atoms with Gasteiger partial charge in [-0.2, -0.15) is 0 Å². The second-order valence-corrected chi connectivity index (χ2v) is 8.37. The highest BCUT2D eigenvalue weighted by Gasteiger charge is 2.33. The molecule has 2 aliphatic heterocycles. The SMILES string of the molecule is Cc1c2c(cc3c1O/C(=C\c1ccc(N(C)C)cc1)C3=O)CN(Cc1ccccn1)CO2. The Labute approximate surface area is 187 Å². The molecule has 0 atom stereocenters. The fourth-order valence-electron chi connectivity index (χ4n) is 4.14. The van der Waals surface area contributed by atoms with Gasteiger partial charge in [0, 0.05) is 50.2 Å². The molecule has 0 N–H and O–H groups in total. The third-order valence-corrected chi connectivity index (χ3v) is 5.82. The van der Waals surface area contributed by atoms with Crippen LogP contribution in [0.3, 0.4) is 0 Å². The molecule has 2 aliphatic rings. The number of carbonyl (C=O) groups is 1. The number of benzene rings is 2. The fourth-order valence-corrected chi connectivity index (χ4v) is 4.14. The second kappa shape index (κ2) is 8.13. The fraction of sp³-hybridized carbons (Fsp3) is 0.231. The Bertz CT molecular complexity index is 1200. The molecule has 1 aromatic heterocycles. The zero-order valence-electron chi connectivity index (χ0n) is 18.5. The number of fused-ring (bicyclic) bond motifs is 2. The lowest BCUT2D eigenvalue weighted by atomic mass is 10.00. The Balaban J connectivity index is 1.40. The first-order valence-electron chi connectivity index (χ1n) is 10.6.